The number of hydrogen-bond donors (Lipinski definition) is 0. The highest BCUT2D eigenvalue weighted by molar-refractivity contribution is 9.10. The highest BCUT2D eigenvalue weighted by Crippen LogP contribution is 2.21. The van der Waals surface area contributed by atoms with Gasteiger partial charge in [0.2, 0.25) is 0 Å². The molecule has 0 saturated heterocycles. The summed E-state index contributed by atoms with van der Waals surface area (Å²) in [5.74, 6) is -2.74. The Labute approximate surface area is 101 Å². The lowest BCUT2D eigenvalue weighted by molar-refractivity contribution is -0.137. The van der Waals surface area contributed by atoms with E-state index in [1.165, 1.54) is 12.1 Å². The number of ketones is 1. The van der Waals surface area contributed by atoms with Gasteiger partial charge in [-0.3, -0.25) is 4.79 Å². The third-order valence-corrected chi connectivity index (χ3v) is 2.81. The van der Waals surface area contributed by atoms with E-state index in [9.17, 15) is 14.0 Å². The average Bonchev–Trinajstić information content (AvgIpc) is 2.23. The molecule has 0 N–H and O–H groups in total. The Morgan fingerprint density at radius 2 is 2.06 bits per heavy atom. The quantitative estimate of drug-likeness (QED) is 0.488. The smallest absolute Gasteiger partial charge is 0.379 e. The number of esters is 1. The minimum absolute atomic E-state index is 0.0826. The summed E-state index contributed by atoms with van der Waals surface area (Å²) >= 11 is 3.17. The topological polar surface area (TPSA) is 43.4 Å². The molecule has 0 heterocycles. The molecule has 16 heavy (non-hydrogen) atoms. The zero-order chi connectivity index (χ0) is 12.3. The van der Waals surface area contributed by atoms with Crippen molar-refractivity contribution in [2.45, 2.75) is 13.8 Å². The van der Waals surface area contributed by atoms with Gasteiger partial charge < -0.3 is 4.74 Å². The number of benzene rings is 1. The van der Waals surface area contributed by atoms with Crippen LogP contribution in [0, 0.1) is 12.7 Å². The highest BCUT2D eigenvalue weighted by atomic mass is 79.9. The molecule has 1 rings (SSSR count). The Morgan fingerprint density at radius 1 is 1.44 bits per heavy atom. The lowest BCUT2D eigenvalue weighted by Crippen LogP contribution is -2.19. The molecule has 0 amide bonds. The minimum Gasteiger partial charge on any atom is -0.460 e. The van der Waals surface area contributed by atoms with Crippen molar-refractivity contribution < 1.29 is 18.7 Å². The lowest BCUT2D eigenvalue weighted by atomic mass is 10.1. The third kappa shape index (κ3) is 2.66. The van der Waals surface area contributed by atoms with E-state index in [0.717, 1.165) is 0 Å². The van der Waals surface area contributed by atoms with Crippen molar-refractivity contribution in [3.8, 4) is 0 Å². The van der Waals surface area contributed by atoms with Crippen molar-refractivity contribution in [2.24, 2.45) is 0 Å². The van der Waals surface area contributed by atoms with Crippen molar-refractivity contribution in [1.29, 1.82) is 0 Å². The maximum absolute atomic E-state index is 13.4. The molecule has 0 spiro atoms. The van der Waals surface area contributed by atoms with Gasteiger partial charge in [-0.15, -0.1) is 0 Å². The molecule has 86 valence electrons. The van der Waals surface area contributed by atoms with Crippen LogP contribution in [0.25, 0.3) is 0 Å². The molecule has 0 aliphatic carbocycles. The van der Waals surface area contributed by atoms with Crippen molar-refractivity contribution in [3.63, 3.8) is 0 Å². The van der Waals surface area contributed by atoms with Crippen LogP contribution in [0.2, 0.25) is 0 Å². The Bertz CT molecular complexity index is 443. The van der Waals surface area contributed by atoms with Gasteiger partial charge in [0.1, 0.15) is 5.82 Å². The molecule has 0 aromatic heterocycles. The largest absolute Gasteiger partial charge is 0.460 e. The number of carbonyl (C=O) groups is 2. The normalized spacial score (nSPS) is 10.0. The summed E-state index contributed by atoms with van der Waals surface area (Å²) in [5, 5.41) is 0. The van der Waals surface area contributed by atoms with Gasteiger partial charge in [-0.05, 0) is 31.5 Å². The molecule has 0 saturated carbocycles. The Hall–Kier alpha value is -1.23. The first kappa shape index (κ1) is 12.8. The second kappa shape index (κ2) is 5.21. The summed E-state index contributed by atoms with van der Waals surface area (Å²) in [6.45, 7) is 3.34. The molecule has 0 aliphatic heterocycles. The van der Waals surface area contributed by atoms with Crippen molar-refractivity contribution in [3.05, 3.63) is 33.5 Å². The van der Waals surface area contributed by atoms with E-state index in [-0.39, 0.29) is 12.2 Å². The van der Waals surface area contributed by atoms with E-state index >= 15 is 0 Å². The molecule has 0 aliphatic rings. The Balaban J connectivity index is 3.09. The number of hydrogen-bond acceptors (Lipinski definition) is 3. The summed E-state index contributed by atoms with van der Waals surface area (Å²) in [7, 11) is 0. The van der Waals surface area contributed by atoms with E-state index < -0.39 is 17.6 Å². The first-order chi connectivity index (χ1) is 7.47. The molecule has 0 radical (unpaired) electrons. The molecular formula is C11H10BrFO3. The van der Waals surface area contributed by atoms with Crippen molar-refractivity contribution >= 4 is 27.7 Å². The number of Topliss-reactive ketones (excluding diaryl/α,β-unsaturated/α-hetero) is 1. The second-order valence-corrected chi connectivity index (χ2v) is 3.99. The molecule has 0 atom stereocenters. The van der Waals surface area contributed by atoms with Crippen LogP contribution in [-0.2, 0) is 9.53 Å². The number of rotatable bonds is 3. The van der Waals surface area contributed by atoms with Crippen LogP contribution in [-0.4, -0.2) is 18.4 Å². The third-order valence-electron chi connectivity index (χ3n) is 1.95. The van der Waals surface area contributed by atoms with Gasteiger partial charge >= 0.3 is 5.97 Å². The van der Waals surface area contributed by atoms with Gasteiger partial charge in [0.15, 0.2) is 0 Å². The molecule has 3 nitrogen and oxygen atoms in total. The van der Waals surface area contributed by atoms with Crippen LogP contribution in [0.3, 0.4) is 0 Å². The fourth-order valence-corrected chi connectivity index (χ4v) is 1.47. The van der Waals surface area contributed by atoms with Crippen molar-refractivity contribution in [2.75, 3.05) is 6.61 Å². The fraction of sp³-hybridized carbons (Fsp3) is 0.273. The van der Waals surface area contributed by atoms with Gasteiger partial charge in [-0.1, -0.05) is 15.9 Å². The summed E-state index contributed by atoms with van der Waals surface area (Å²) in [5.41, 5.74) is 0.369. The predicted molar refractivity (Wildman–Crippen MR) is 59.8 cm³/mol. The SMILES string of the molecule is CCOC(=O)C(=O)c1cc(Br)c(C)cc1F. The molecule has 0 unspecified atom stereocenters. The molecule has 1 aromatic carbocycles. The van der Waals surface area contributed by atoms with Crippen LogP contribution in [0.4, 0.5) is 4.39 Å². The molecule has 0 bridgehead atoms. The standard InChI is InChI=1S/C11H10BrFO3/c1-3-16-11(15)10(14)7-5-8(12)6(2)4-9(7)13/h4-5H,3H2,1-2H3. The maximum Gasteiger partial charge on any atom is 0.379 e. The zero-order valence-corrected chi connectivity index (χ0v) is 10.4. The first-order valence-corrected chi connectivity index (χ1v) is 5.43. The Morgan fingerprint density at radius 3 is 2.62 bits per heavy atom. The van der Waals surface area contributed by atoms with Crippen LogP contribution >= 0.6 is 15.9 Å². The summed E-state index contributed by atoms with van der Waals surface area (Å²) < 4.78 is 18.5. The number of aryl methyl sites for hydroxylation is 1. The summed E-state index contributed by atoms with van der Waals surface area (Å²) in [4.78, 5) is 22.6. The van der Waals surface area contributed by atoms with Crippen LogP contribution in [0.1, 0.15) is 22.8 Å². The van der Waals surface area contributed by atoms with Crippen LogP contribution in [0.5, 0.6) is 0 Å². The first-order valence-electron chi connectivity index (χ1n) is 4.64. The molecule has 0 fully saturated rings. The minimum atomic E-state index is -1.04. The number of halogens is 2. The molecule has 5 heteroatoms. The van der Waals surface area contributed by atoms with Crippen LogP contribution < -0.4 is 0 Å². The van der Waals surface area contributed by atoms with Gasteiger partial charge in [-0.2, -0.15) is 0 Å². The van der Waals surface area contributed by atoms with Crippen molar-refractivity contribution in [1.82, 2.24) is 0 Å². The van der Waals surface area contributed by atoms with Gasteiger partial charge in [0, 0.05) is 4.47 Å². The van der Waals surface area contributed by atoms with E-state index in [4.69, 9.17) is 0 Å². The second-order valence-electron chi connectivity index (χ2n) is 3.13. The highest BCUT2D eigenvalue weighted by Gasteiger charge is 2.22. The van der Waals surface area contributed by atoms with Gasteiger partial charge in [0.25, 0.3) is 5.78 Å². The van der Waals surface area contributed by atoms with E-state index in [2.05, 4.69) is 20.7 Å². The fourth-order valence-electron chi connectivity index (χ4n) is 1.13. The zero-order valence-electron chi connectivity index (χ0n) is 8.84. The predicted octanol–water partition coefficient (Wildman–Crippen LogP) is 2.64. The number of ether oxygens (including phenoxy) is 1. The lowest BCUT2D eigenvalue weighted by Gasteiger charge is -2.05. The van der Waals surface area contributed by atoms with E-state index in [1.54, 1.807) is 13.8 Å². The van der Waals surface area contributed by atoms with E-state index in [1.807, 2.05) is 0 Å². The summed E-state index contributed by atoms with van der Waals surface area (Å²) in [6.07, 6.45) is 0. The molecule has 1 aromatic rings. The van der Waals surface area contributed by atoms with Gasteiger partial charge in [-0.25, -0.2) is 9.18 Å². The molecular weight excluding hydrogens is 279 g/mol. The van der Waals surface area contributed by atoms with Crippen LogP contribution in [0.15, 0.2) is 16.6 Å². The number of carbonyl (C=O) groups excluding carboxylic acids is 2. The average molecular weight is 289 g/mol. The monoisotopic (exact) mass is 288 g/mol. The van der Waals surface area contributed by atoms with E-state index in [0.29, 0.717) is 10.0 Å². The Kier molecular flexibility index (Phi) is 4.18. The maximum atomic E-state index is 13.4. The van der Waals surface area contributed by atoms with Gasteiger partial charge in [0.05, 0.1) is 12.2 Å². The summed E-state index contributed by atoms with van der Waals surface area (Å²) in [6, 6.07) is 2.47.